The number of halogens is 1. The topological polar surface area (TPSA) is 84.7 Å². The number of pyridine rings is 1. The largest absolute Gasteiger partial charge is 0.368 e. The van der Waals surface area contributed by atoms with Crippen molar-refractivity contribution in [2.24, 2.45) is 7.05 Å². The van der Waals surface area contributed by atoms with E-state index in [9.17, 15) is 9.18 Å². The number of nitrogens with zero attached hydrogens (tertiary/aromatic N) is 4. The van der Waals surface area contributed by atoms with Crippen LogP contribution in [0.5, 0.6) is 0 Å². The van der Waals surface area contributed by atoms with Gasteiger partial charge in [0.1, 0.15) is 6.33 Å². The first-order chi connectivity index (χ1) is 10.0. The molecule has 8 heteroatoms. The van der Waals surface area contributed by atoms with Crippen molar-refractivity contribution in [3.63, 3.8) is 0 Å². The van der Waals surface area contributed by atoms with Crippen LogP contribution in [0.3, 0.4) is 0 Å². The molecule has 0 aromatic carbocycles. The van der Waals surface area contributed by atoms with Crippen molar-refractivity contribution in [1.29, 1.82) is 0 Å². The number of hydrogen-bond donors (Lipinski definition) is 2. The highest BCUT2D eigenvalue weighted by molar-refractivity contribution is 5.95. The zero-order valence-electron chi connectivity index (χ0n) is 12.1. The number of rotatable bonds is 5. The summed E-state index contributed by atoms with van der Waals surface area (Å²) in [5.41, 5.74) is -0.0602. The van der Waals surface area contributed by atoms with Crippen molar-refractivity contribution < 1.29 is 9.18 Å². The number of carbonyl (C=O) groups is 1. The van der Waals surface area contributed by atoms with Crippen LogP contribution in [0.15, 0.2) is 18.6 Å². The molecular weight excluding hydrogens is 275 g/mol. The van der Waals surface area contributed by atoms with Gasteiger partial charge in [-0.25, -0.2) is 9.37 Å². The second kappa shape index (κ2) is 6.29. The minimum absolute atomic E-state index is 0.0602. The van der Waals surface area contributed by atoms with Gasteiger partial charge in [0.25, 0.3) is 5.91 Å². The van der Waals surface area contributed by atoms with Crippen LogP contribution in [0, 0.1) is 5.82 Å². The zero-order valence-corrected chi connectivity index (χ0v) is 12.1. The van der Waals surface area contributed by atoms with Gasteiger partial charge in [-0.1, -0.05) is 0 Å². The molecule has 0 spiro atoms. The van der Waals surface area contributed by atoms with Crippen LogP contribution in [-0.2, 0) is 7.05 Å². The van der Waals surface area contributed by atoms with E-state index < -0.39 is 11.7 Å². The second-order valence-corrected chi connectivity index (χ2v) is 4.55. The van der Waals surface area contributed by atoms with Gasteiger partial charge in [-0.3, -0.25) is 4.79 Å². The molecule has 0 aliphatic heterocycles. The first-order valence-corrected chi connectivity index (χ1v) is 6.57. The first-order valence-electron chi connectivity index (χ1n) is 6.57. The molecule has 0 saturated carbocycles. The maximum atomic E-state index is 14.2. The van der Waals surface area contributed by atoms with E-state index in [1.54, 1.807) is 18.5 Å². The SMILES string of the molecule is CCNc1nccc(C(=O)NC(C)c2nncn2C)c1F. The molecule has 2 heterocycles. The molecule has 1 atom stereocenters. The molecule has 2 rings (SSSR count). The zero-order chi connectivity index (χ0) is 15.4. The Morgan fingerprint density at radius 3 is 2.90 bits per heavy atom. The normalized spacial score (nSPS) is 12.0. The highest BCUT2D eigenvalue weighted by Crippen LogP contribution is 2.16. The monoisotopic (exact) mass is 292 g/mol. The summed E-state index contributed by atoms with van der Waals surface area (Å²) in [4.78, 5) is 16.0. The van der Waals surface area contributed by atoms with E-state index in [0.717, 1.165) is 0 Å². The fourth-order valence-corrected chi connectivity index (χ4v) is 1.93. The lowest BCUT2D eigenvalue weighted by molar-refractivity contribution is 0.0933. The molecule has 7 nitrogen and oxygen atoms in total. The molecule has 0 bridgehead atoms. The van der Waals surface area contributed by atoms with E-state index in [0.29, 0.717) is 12.4 Å². The third kappa shape index (κ3) is 3.15. The van der Waals surface area contributed by atoms with Gasteiger partial charge in [-0.15, -0.1) is 10.2 Å². The van der Waals surface area contributed by atoms with Crippen LogP contribution in [-0.4, -0.2) is 32.2 Å². The predicted octanol–water partition coefficient (Wildman–Crippen LogP) is 1.27. The Hall–Kier alpha value is -2.51. The number of anilines is 1. The number of aromatic nitrogens is 4. The Kier molecular flexibility index (Phi) is 4.46. The summed E-state index contributed by atoms with van der Waals surface area (Å²) in [5.74, 6) is -0.534. The third-order valence-electron chi connectivity index (χ3n) is 2.96. The van der Waals surface area contributed by atoms with Crippen LogP contribution in [0.4, 0.5) is 10.2 Å². The number of hydrogen-bond acceptors (Lipinski definition) is 5. The van der Waals surface area contributed by atoms with Gasteiger partial charge in [-0.05, 0) is 19.9 Å². The Bertz CT molecular complexity index is 641. The van der Waals surface area contributed by atoms with Crippen LogP contribution >= 0.6 is 0 Å². The molecule has 0 radical (unpaired) electrons. The summed E-state index contributed by atoms with van der Waals surface area (Å²) in [6, 6.07) is 0.953. The van der Waals surface area contributed by atoms with Gasteiger partial charge in [0, 0.05) is 19.8 Å². The maximum Gasteiger partial charge on any atom is 0.255 e. The minimum atomic E-state index is -0.665. The van der Waals surface area contributed by atoms with Crippen molar-refractivity contribution in [3.8, 4) is 0 Å². The Labute approximate surface area is 121 Å². The summed E-state index contributed by atoms with van der Waals surface area (Å²) in [6.45, 7) is 4.10. The average Bonchev–Trinajstić information content (AvgIpc) is 2.87. The lowest BCUT2D eigenvalue weighted by Crippen LogP contribution is -2.29. The van der Waals surface area contributed by atoms with Gasteiger partial charge < -0.3 is 15.2 Å². The van der Waals surface area contributed by atoms with Crippen molar-refractivity contribution in [3.05, 3.63) is 35.8 Å². The molecule has 112 valence electrons. The van der Waals surface area contributed by atoms with Gasteiger partial charge in [0.15, 0.2) is 17.5 Å². The van der Waals surface area contributed by atoms with Crippen molar-refractivity contribution in [1.82, 2.24) is 25.1 Å². The molecule has 0 aliphatic carbocycles. The highest BCUT2D eigenvalue weighted by Gasteiger charge is 2.19. The van der Waals surface area contributed by atoms with E-state index in [4.69, 9.17) is 0 Å². The minimum Gasteiger partial charge on any atom is -0.368 e. The average molecular weight is 292 g/mol. The summed E-state index contributed by atoms with van der Waals surface area (Å²) in [7, 11) is 1.77. The smallest absolute Gasteiger partial charge is 0.255 e. The summed E-state index contributed by atoms with van der Waals surface area (Å²) >= 11 is 0. The number of amides is 1. The number of aryl methyl sites for hydroxylation is 1. The lowest BCUT2D eigenvalue weighted by atomic mass is 10.2. The number of nitrogens with one attached hydrogen (secondary N) is 2. The van der Waals surface area contributed by atoms with Crippen molar-refractivity contribution in [2.75, 3.05) is 11.9 Å². The second-order valence-electron chi connectivity index (χ2n) is 4.55. The van der Waals surface area contributed by atoms with Gasteiger partial charge in [0.2, 0.25) is 0 Å². The molecule has 0 saturated heterocycles. The van der Waals surface area contributed by atoms with Crippen LogP contribution in [0.1, 0.15) is 36.1 Å². The molecule has 2 aromatic rings. The third-order valence-corrected chi connectivity index (χ3v) is 2.96. The van der Waals surface area contributed by atoms with E-state index in [-0.39, 0.29) is 17.4 Å². The number of carbonyl (C=O) groups excluding carboxylic acids is 1. The molecular formula is C13H17FN6O. The Morgan fingerprint density at radius 2 is 2.29 bits per heavy atom. The van der Waals surface area contributed by atoms with Crippen molar-refractivity contribution in [2.45, 2.75) is 19.9 Å². The lowest BCUT2D eigenvalue weighted by Gasteiger charge is -2.14. The summed E-state index contributed by atoms with van der Waals surface area (Å²) in [6.07, 6.45) is 2.93. The molecule has 21 heavy (non-hydrogen) atoms. The molecule has 1 unspecified atom stereocenters. The van der Waals surface area contributed by atoms with Gasteiger partial charge in [-0.2, -0.15) is 0 Å². The molecule has 0 aliphatic rings. The maximum absolute atomic E-state index is 14.2. The summed E-state index contributed by atoms with van der Waals surface area (Å²) in [5, 5.41) is 13.1. The van der Waals surface area contributed by atoms with Crippen molar-refractivity contribution >= 4 is 11.7 Å². The van der Waals surface area contributed by atoms with Crippen LogP contribution < -0.4 is 10.6 Å². The summed E-state index contributed by atoms with van der Waals surface area (Å²) < 4.78 is 15.9. The van der Waals surface area contributed by atoms with Gasteiger partial charge in [0.05, 0.1) is 11.6 Å². The predicted molar refractivity (Wildman–Crippen MR) is 75.2 cm³/mol. The molecule has 0 fully saturated rings. The Morgan fingerprint density at radius 1 is 1.52 bits per heavy atom. The molecule has 2 aromatic heterocycles. The highest BCUT2D eigenvalue weighted by atomic mass is 19.1. The fraction of sp³-hybridized carbons (Fsp3) is 0.385. The van der Waals surface area contributed by atoms with Crippen LogP contribution in [0.2, 0.25) is 0 Å². The van der Waals surface area contributed by atoms with E-state index in [1.807, 2.05) is 6.92 Å². The van der Waals surface area contributed by atoms with E-state index in [1.165, 1.54) is 18.6 Å². The van der Waals surface area contributed by atoms with Crippen LogP contribution in [0.25, 0.3) is 0 Å². The standard InChI is InChI=1S/C13H17FN6O/c1-4-15-11-10(14)9(5-6-16-11)13(21)18-8(2)12-19-17-7-20(12)3/h5-8H,4H2,1-3H3,(H,15,16)(H,18,21). The molecule has 1 amide bonds. The van der Waals surface area contributed by atoms with Gasteiger partial charge >= 0.3 is 0 Å². The quantitative estimate of drug-likeness (QED) is 0.867. The molecule has 2 N–H and O–H groups in total. The Balaban J connectivity index is 2.17. The van der Waals surface area contributed by atoms with E-state index in [2.05, 4.69) is 25.8 Å². The van der Waals surface area contributed by atoms with E-state index >= 15 is 0 Å². The first kappa shape index (κ1) is 14.9. The fourth-order valence-electron chi connectivity index (χ4n) is 1.93.